The molecule has 1 aromatic heterocycles. The van der Waals surface area contributed by atoms with Crippen molar-refractivity contribution in [2.75, 3.05) is 34.4 Å². The van der Waals surface area contributed by atoms with Gasteiger partial charge in [0.15, 0.2) is 11.5 Å². The van der Waals surface area contributed by atoms with E-state index in [9.17, 15) is 4.79 Å². The van der Waals surface area contributed by atoms with Crippen LogP contribution in [0, 0.1) is 0 Å². The molecule has 170 valence electrons. The van der Waals surface area contributed by atoms with E-state index in [1.165, 1.54) is 10.9 Å². The maximum atomic E-state index is 12.7. The normalized spacial score (nSPS) is 13.7. The fourth-order valence-corrected chi connectivity index (χ4v) is 2.79. The summed E-state index contributed by atoms with van der Waals surface area (Å²) in [5, 5.41) is 0.544. The van der Waals surface area contributed by atoms with Gasteiger partial charge in [-0.25, -0.2) is 4.98 Å². The molecule has 0 radical (unpaired) electrons. The Kier molecular flexibility index (Phi) is 9.84. The minimum atomic E-state index is -0.272. The topological polar surface area (TPSA) is 56.6 Å². The second-order valence-electron chi connectivity index (χ2n) is 7.32. The van der Waals surface area contributed by atoms with Gasteiger partial charge in [-0.15, -0.1) is 12.6 Å². The van der Waals surface area contributed by atoms with Gasteiger partial charge in [0.25, 0.3) is 5.56 Å². The highest BCUT2D eigenvalue weighted by Gasteiger charge is 2.14. The summed E-state index contributed by atoms with van der Waals surface area (Å²) in [5.74, 6) is 1.27. The minimum absolute atomic E-state index is 0.251. The lowest BCUT2D eigenvalue weighted by atomic mass is 10.2. The molecule has 2 aromatic rings. The molecule has 0 spiro atoms. The van der Waals surface area contributed by atoms with Gasteiger partial charge in [-0.3, -0.25) is 9.36 Å². The summed E-state index contributed by atoms with van der Waals surface area (Å²) in [6.45, 7) is 6.49. The molecule has 1 aromatic carbocycles. The van der Waals surface area contributed by atoms with Crippen molar-refractivity contribution in [2.24, 2.45) is 0 Å². The van der Waals surface area contributed by atoms with E-state index in [0.29, 0.717) is 41.1 Å². The highest BCUT2D eigenvalue weighted by atomic mass is 35.5. The molecule has 0 unspecified atom stereocenters. The molecule has 1 aliphatic heterocycles. The molecule has 0 saturated heterocycles. The molecule has 32 heavy (non-hydrogen) atoms. The van der Waals surface area contributed by atoms with Crippen LogP contribution in [-0.4, -0.2) is 48.8 Å². The highest BCUT2D eigenvalue weighted by molar-refractivity contribution is 7.80. The minimum Gasteiger partial charge on any atom is -0.486 e. The summed E-state index contributed by atoms with van der Waals surface area (Å²) in [7, 11) is 6.00. The third-order valence-corrected chi connectivity index (χ3v) is 4.69. The lowest BCUT2D eigenvalue weighted by molar-refractivity contribution is 0.171. The van der Waals surface area contributed by atoms with E-state index in [1.807, 2.05) is 45.1 Å². The van der Waals surface area contributed by atoms with Gasteiger partial charge in [-0.2, -0.15) is 0 Å². The van der Waals surface area contributed by atoms with Gasteiger partial charge < -0.3 is 14.4 Å². The second-order valence-corrected chi connectivity index (χ2v) is 8.21. The van der Waals surface area contributed by atoms with Gasteiger partial charge in [0, 0.05) is 11.1 Å². The molecule has 0 fully saturated rings. The number of halogens is 1. The first-order valence-electron chi connectivity index (χ1n) is 9.89. The van der Waals surface area contributed by atoms with Crippen LogP contribution in [0.3, 0.4) is 0 Å². The van der Waals surface area contributed by atoms with Crippen molar-refractivity contribution >= 4 is 30.3 Å². The zero-order chi connectivity index (χ0) is 23.7. The van der Waals surface area contributed by atoms with E-state index in [1.54, 1.807) is 36.4 Å². The summed E-state index contributed by atoms with van der Waals surface area (Å²) in [5.41, 5.74) is 1.78. The smallest absolute Gasteiger partial charge is 0.271 e. The number of nitrogens with zero attached hydrogens (tertiary/aromatic N) is 3. The van der Waals surface area contributed by atoms with Crippen LogP contribution in [0.15, 0.2) is 75.7 Å². The fraction of sp³-hybridized carbons (Fsp3) is 0.250. The molecular weight excluding hydrogens is 446 g/mol. The molecule has 2 heterocycles. The molecule has 0 atom stereocenters. The quantitative estimate of drug-likeness (QED) is 0.502. The number of benzene rings is 1. The molecule has 6 nitrogen and oxygen atoms in total. The van der Waals surface area contributed by atoms with Crippen molar-refractivity contribution in [3.05, 3.63) is 82.1 Å². The van der Waals surface area contributed by atoms with Crippen molar-refractivity contribution in [1.82, 2.24) is 14.5 Å². The van der Waals surface area contributed by atoms with Crippen molar-refractivity contribution in [1.29, 1.82) is 0 Å². The highest BCUT2D eigenvalue weighted by Crippen LogP contribution is 2.31. The number of thiol groups is 1. The largest absolute Gasteiger partial charge is 0.486 e. The number of allylic oxidation sites excluding steroid dienone is 6. The number of hydrogen-bond acceptors (Lipinski definition) is 6. The Hall–Kier alpha value is -2.74. The van der Waals surface area contributed by atoms with Gasteiger partial charge in [0.1, 0.15) is 19.5 Å². The van der Waals surface area contributed by atoms with Crippen LogP contribution in [0.5, 0.6) is 11.5 Å². The molecule has 0 aliphatic carbocycles. The van der Waals surface area contributed by atoms with Crippen LogP contribution in [0.4, 0.5) is 0 Å². The molecule has 3 rings (SSSR count). The fourth-order valence-electron chi connectivity index (χ4n) is 2.49. The molecule has 1 aliphatic rings. The molecular formula is C24H28ClN3O3S. The van der Waals surface area contributed by atoms with Crippen LogP contribution >= 0.6 is 24.2 Å². The van der Waals surface area contributed by atoms with Crippen LogP contribution in [0.1, 0.15) is 12.6 Å². The Morgan fingerprint density at radius 2 is 1.88 bits per heavy atom. The summed E-state index contributed by atoms with van der Waals surface area (Å²) in [6.07, 6.45) is 10.2. The number of fused-ring (bicyclic) bond motifs is 1. The third-order valence-electron chi connectivity index (χ3n) is 3.98. The maximum absolute atomic E-state index is 12.7. The Bertz CT molecular complexity index is 1100. The lowest BCUT2D eigenvalue weighted by Gasteiger charge is -2.19. The first-order valence-corrected chi connectivity index (χ1v) is 10.7. The first-order chi connectivity index (χ1) is 15.2. The van der Waals surface area contributed by atoms with Crippen molar-refractivity contribution in [3.63, 3.8) is 0 Å². The number of rotatable bonds is 5. The predicted octanol–water partition coefficient (Wildman–Crippen LogP) is 4.74. The van der Waals surface area contributed by atoms with Gasteiger partial charge >= 0.3 is 0 Å². The Morgan fingerprint density at radius 1 is 1.22 bits per heavy atom. The average Bonchev–Trinajstić information content (AvgIpc) is 2.77. The Labute approximate surface area is 199 Å². The van der Waals surface area contributed by atoms with Gasteiger partial charge in [0.2, 0.25) is 0 Å². The van der Waals surface area contributed by atoms with E-state index in [-0.39, 0.29) is 10.5 Å². The van der Waals surface area contributed by atoms with Crippen LogP contribution in [-0.2, 0) is 0 Å². The zero-order valence-corrected chi connectivity index (χ0v) is 20.4. The third kappa shape index (κ3) is 7.44. The van der Waals surface area contributed by atoms with Gasteiger partial charge in [-0.1, -0.05) is 42.0 Å². The Balaban J connectivity index is 0.000000837. The van der Waals surface area contributed by atoms with E-state index in [4.69, 9.17) is 21.1 Å². The molecule has 0 saturated carbocycles. The standard InChI is InChI=1S/C21H19ClN2O3S.C3H9N/c1-3-15(22)6-4-14(2)5-8-17-20(28)21(25)24(13-23-17)16-7-9-18-19(12-16)27-11-10-26-18;1-4(2)3/h3-9,12-13,28H,1,10-11H2,2H3;1-3H3/b8-5+,14-4+,15-6+;. The summed E-state index contributed by atoms with van der Waals surface area (Å²) >= 11 is 10.2. The van der Waals surface area contributed by atoms with Crippen molar-refractivity contribution < 1.29 is 9.47 Å². The summed E-state index contributed by atoms with van der Waals surface area (Å²) in [4.78, 5) is 19.3. The lowest BCUT2D eigenvalue weighted by Crippen LogP contribution is -2.21. The van der Waals surface area contributed by atoms with Crippen molar-refractivity contribution in [2.45, 2.75) is 11.8 Å². The Morgan fingerprint density at radius 3 is 2.53 bits per heavy atom. The average molecular weight is 474 g/mol. The predicted molar refractivity (Wildman–Crippen MR) is 135 cm³/mol. The number of hydrogen-bond donors (Lipinski definition) is 1. The van der Waals surface area contributed by atoms with E-state index in [0.717, 1.165) is 5.57 Å². The number of aromatic nitrogens is 2. The molecule has 0 bridgehead atoms. The van der Waals surface area contributed by atoms with E-state index >= 15 is 0 Å². The molecule has 0 N–H and O–H groups in total. The summed E-state index contributed by atoms with van der Waals surface area (Å²) in [6, 6.07) is 5.31. The van der Waals surface area contributed by atoms with E-state index < -0.39 is 0 Å². The van der Waals surface area contributed by atoms with Crippen LogP contribution in [0.25, 0.3) is 11.8 Å². The molecule has 0 amide bonds. The monoisotopic (exact) mass is 473 g/mol. The van der Waals surface area contributed by atoms with Crippen LogP contribution < -0.4 is 15.0 Å². The maximum Gasteiger partial charge on any atom is 0.271 e. The van der Waals surface area contributed by atoms with Crippen molar-refractivity contribution in [3.8, 4) is 17.2 Å². The number of ether oxygens (including phenoxy) is 2. The second kappa shape index (κ2) is 12.3. The first kappa shape index (κ1) is 25.5. The van der Waals surface area contributed by atoms with Gasteiger partial charge in [0.05, 0.1) is 16.3 Å². The van der Waals surface area contributed by atoms with Crippen LogP contribution in [0.2, 0.25) is 0 Å². The van der Waals surface area contributed by atoms with Gasteiger partial charge in [-0.05, 0) is 52.4 Å². The SMILES string of the molecule is C=C\C(Cl)=C/C=C(C)/C=C/c1ncn(-c2ccc3c(c2)OCCO3)c(=O)c1S.CN(C)C. The summed E-state index contributed by atoms with van der Waals surface area (Å²) < 4.78 is 12.5. The molecule has 8 heteroatoms. The van der Waals surface area contributed by atoms with E-state index in [2.05, 4.69) is 24.2 Å². The zero-order valence-electron chi connectivity index (χ0n) is 18.7.